The van der Waals surface area contributed by atoms with Crippen molar-refractivity contribution in [3.63, 3.8) is 0 Å². The van der Waals surface area contributed by atoms with Gasteiger partial charge in [-0.2, -0.15) is 5.53 Å². The number of carbonyl (C=O) groups is 1. The van der Waals surface area contributed by atoms with Crippen LogP contribution in [-0.2, 0) is 4.79 Å². The van der Waals surface area contributed by atoms with Gasteiger partial charge in [-0.15, -0.1) is 5.53 Å². The Labute approximate surface area is 273 Å². The molecule has 3 unspecified atom stereocenters. The molecule has 244 valence electrons. The third kappa shape index (κ3) is 7.71. The summed E-state index contributed by atoms with van der Waals surface area (Å²) < 4.78 is 0. The molecule has 2 aromatic rings. The SMILES string of the molecule is CC(C)CC1(C)N=C(c2cc(Cl)cc(C3CCC3)c2)C(=O)N1C(CCCC(C)(C)C)c1ccc(C(O)N=C2NNNN2C)cc1. The molecule has 0 radical (unpaired) electrons. The number of guanidine groups is 1. The van der Waals surface area contributed by atoms with E-state index < -0.39 is 11.9 Å². The van der Waals surface area contributed by atoms with Crippen molar-refractivity contribution in [2.24, 2.45) is 21.3 Å². The number of aliphatic hydroxyl groups excluding tert-OH is 1. The van der Waals surface area contributed by atoms with Crippen molar-refractivity contribution in [2.75, 3.05) is 7.05 Å². The standard InChI is InChI=1S/C35H50ClN7O2/c1-22(2)21-35(6)38-30(27-18-26(19-28(36)20-27)23-10-8-11-23)32(45)43(35)29(12-9-17-34(3,4)5)24-13-15-25(16-14-24)31(44)37-33-39-40-41-42(33)7/h13-16,18-20,22-23,29,31,40-41,44H,8-12,17,21H2,1-7H3,(H,37,39). The Balaban J connectivity index is 1.50. The van der Waals surface area contributed by atoms with Crippen LogP contribution in [0.2, 0.25) is 5.02 Å². The molecule has 0 spiro atoms. The lowest BCUT2D eigenvalue weighted by molar-refractivity contribution is -0.131. The average molecular weight is 636 g/mol. The van der Waals surface area contributed by atoms with Crippen LogP contribution in [0.4, 0.5) is 0 Å². The number of amides is 1. The van der Waals surface area contributed by atoms with Crippen molar-refractivity contribution in [2.45, 2.75) is 110 Å². The number of carbonyl (C=O) groups excluding carboxylic acids is 1. The maximum atomic E-state index is 14.6. The second-order valence-electron chi connectivity index (χ2n) is 14.7. The fourth-order valence-corrected chi connectivity index (χ4v) is 7.00. The Morgan fingerprint density at radius 3 is 2.40 bits per heavy atom. The summed E-state index contributed by atoms with van der Waals surface area (Å²) in [5.41, 5.74) is 12.1. The largest absolute Gasteiger partial charge is 0.368 e. The second-order valence-corrected chi connectivity index (χ2v) is 15.2. The highest BCUT2D eigenvalue weighted by molar-refractivity contribution is 6.47. The molecular weight excluding hydrogens is 586 g/mol. The van der Waals surface area contributed by atoms with Crippen molar-refractivity contribution in [1.82, 2.24) is 26.4 Å². The lowest BCUT2D eigenvalue weighted by atomic mass is 9.79. The second kappa shape index (κ2) is 13.4. The van der Waals surface area contributed by atoms with Crippen molar-refractivity contribution >= 4 is 29.2 Å². The van der Waals surface area contributed by atoms with Gasteiger partial charge in [0.15, 0.2) is 6.23 Å². The van der Waals surface area contributed by atoms with Gasteiger partial charge in [0, 0.05) is 23.2 Å². The number of benzene rings is 2. The Morgan fingerprint density at radius 2 is 1.82 bits per heavy atom. The minimum atomic E-state index is -1.05. The molecule has 0 aromatic heterocycles. The molecule has 3 aliphatic rings. The van der Waals surface area contributed by atoms with E-state index >= 15 is 0 Å². The third-order valence-electron chi connectivity index (χ3n) is 9.15. The summed E-state index contributed by atoms with van der Waals surface area (Å²) in [5.74, 6) is 1.26. The van der Waals surface area contributed by atoms with E-state index in [4.69, 9.17) is 16.6 Å². The van der Waals surface area contributed by atoms with Crippen LogP contribution in [0.1, 0.15) is 127 Å². The first-order valence-electron chi connectivity index (χ1n) is 16.3. The summed E-state index contributed by atoms with van der Waals surface area (Å²) in [4.78, 5) is 26.3. The minimum Gasteiger partial charge on any atom is -0.368 e. The van der Waals surface area contributed by atoms with Gasteiger partial charge in [-0.25, -0.2) is 4.99 Å². The van der Waals surface area contributed by atoms with Gasteiger partial charge < -0.3 is 10.0 Å². The number of hydrazine groups is 3. The minimum absolute atomic E-state index is 0.0495. The van der Waals surface area contributed by atoms with E-state index in [1.807, 2.05) is 41.3 Å². The summed E-state index contributed by atoms with van der Waals surface area (Å²) in [6, 6.07) is 13.7. The molecule has 1 amide bonds. The molecule has 4 N–H and O–H groups in total. The number of hydrogen-bond donors (Lipinski definition) is 4. The van der Waals surface area contributed by atoms with Crippen LogP contribution in [0.5, 0.6) is 0 Å². The molecule has 2 aromatic carbocycles. The highest BCUT2D eigenvalue weighted by Crippen LogP contribution is 2.43. The molecule has 1 saturated heterocycles. The fourth-order valence-electron chi connectivity index (χ4n) is 6.76. The Hall–Kier alpha value is -2.98. The molecule has 1 saturated carbocycles. The lowest BCUT2D eigenvalue weighted by Gasteiger charge is -2.41. The first-order chi connectivity index (χ1) is 21.2. The van der Waals surface area contributed by atoms with Crippen LogP contribution in [0.25, 0.3) is 0 Å². The van der Waals surface area contributed by atoms with Crippen LogP contribution < -0.4 is 16.5 Å². The molecule has 2 heterocycles. The Morgan fingerprint density at radius 1 is 1.13 bits per heavy atom. The van der Waals surface area contributed by atoms with E-state index in [1.165, 1.54) is 12.0 Å². The van der Waals surface area contributed by atoms with Gasteiger partial charge in [0.05, 0.1) is 6.04 Å². The van der Waals surface area contributed by atoms with Crippen LogP contribution in [0.15, 0.2) is 52.4 Å². The topological polar surface area (TPSA) is 105 Å². The first kappa shape index (κ1) is 33.4. The number of aliphatic imine (C=N–C) groups is 2. The van der Waals surface area contributed by atoms with Crippen LogP contribution in [0.3, 0.4) is 0 Å². The Bertz CT molecular complexity index is 1430. The number of halogens is 1. The van der Waals surface area contributed by atoms with Gasteiger partial charge >= 0.3 is 0 Å². The van der Waals surface area contributed by atoms with Gasteiger partial charge in [0.1, 0.15) is 11.4 Å². The van der Waals surface area contributed by atoms with E-state index in [0.29, 0.717) is 34.1 Å². The monoisotopic (exact) mass is 635 g/mol. The van der Waals surface area contributed by atoms with E-state index in [-0.39, 0.29) is 17.4 Å². The molecule has 9 nitrogen and oxygen atoms in total. The maximum absolute atomic E-state index is 14.6. The first-order valence-corrected chi connectivity index (χ1v) is 16.7. The Kier molecular flexibility index (Phi) is 9.94. The quantitative estimate of drug-likeness (QED) is 0.217. The highest BCUT2D eigenvalue weighted by atomic mass is 35.5. The molecule has 1 aliphatic carbocycles. The van der Waals surface area contributed by atoms with E-state index in [9.17, 15) is 9.90 Å². The van der Waals surface area contributed by atoms with Crippen LogP contribution in [-0.4, -0.2) is 45.3 Å². The summed E-state index contributed by atoms with van der Waals surface area (Å²) in [7, 11) is 1.79. The summed E-state index contributed by atoms with van der Waals surface area (Å²) in [6.07, 6.45) is 6.04. The van der Waals surface area contributed by atoms with E-state index in [0.717, 1.165) is 49.7 Å². The molecule has 5 rings (SSSR count). The molecule has 45 heavy (non-hydrogen) atoms. The number of nitrogens with one attached hydrogen (secondary N) is 3. The predicted octanol–water partition coefficient (Wildman–Crippen LogP) is 6.76. The van der Waals surface area contributed by atoms with Crippen LogP contribution >= 0.6 is 11.6 Å². The molecule has 10 heteroatoms. The molecule has 3 atom stereocenters. The van der Waals surface area contributed by atoms with Gasteiger partial charge in [0.2, 0.25) is 5.96 Å². The van der Waals surface area contributed by atoms with E-state index in [2.05, 4.69) is 69.1 Å². The highest BCUT2D eigenvalue weighted by Gasteiger charge is 2.48. The molecule has 0 bridgehead atoms. The normalized spacial score (nSPS) is 23.0. The van der Waals surface area contributed by atoms with Gasteiger partial charge in [0.25, 0.3) is 5.91 Å². The zero-order valence-corrected chi connectivity index (χ0v) is 28.6. The van der Waals surface area contributed by atoms with Gasteiger partial charge in [-0.05, 0) is 85.6 Å². The van der Waals surface area contributed by atoms with Crippen molar-refractivity contribution < 1.29 is 9.90 Å². The maximum Gasteiger partial charge on any atom is 0.275 e. The zero-order chi connectivity index (χ0) is 32.5. The molecule has 2 fully saturated rings. The number of rotatable bonds is 11. The summed E-state index contributed by atoms with van der Waals surface area (Å²) in [6.45, 7) is 13.2. The lowest BCUT2D eigenvalue weighted by Crippen LogP contribution is -2.47. The average Bonchev–Trinajstić information content (AvgIpc) is 3.43. The van der Waals surface area contributed by atoms with E-state index in [1.54, 1.807) is 12.1 Å². The number of hydrogen-bond acceptors (Lipinski definition) is 6. The third-order valence-corrected chi connectivity index (χ3v) is 9.37. The van der Waals surface area contributed by atoms with Crippen molar-refractivity contribution in [3.8, 4) is 0 Å². The number of nitrogens with zero attached hydrogens (tertiary/aromatic N) is 4. The zero-order valence-electron chi connectivity index (χ0n) is 27.8. The summed E-state index contributed by atoms with van der Waals surface area (Å²) >= 11 is 6.64. The molecular formula is C35H50ClN7O2. The fraction of sp³-hybridized carbons (Fsp3) is 0.571. The van der Waals surface area contributed by atoms with Crippen molar-refractivity contribution in [3.05, 3.63) is 69.7 Å². The predicted molar refractivity (Wildman–Crippen MR) is 181 cm³/mol. The van der Waals surface area contributed by atoms with Crippen LogP contribution in [0, 0.1) is 11.3 Å². The number of aliphatic hydroxyl groups is 1. The van der Waals surface area contributed by atoms with Gasteiger partial charge in [-0.3, -0.25) is 20.2 Å². The summed E-state index contributed by atoms with van der Waals surface area (Å²) in [5, 5.41) is 13.2. The van der Waals surface area contributed by atoms with Crippen molar-refractivity contribution in [1.29, 1.82) is 0 Å². The smallest absolute Gasteiger partial charge is 0.275 e. The molecule has 2 aliphatic heterocycles. The van der Waals surface area contributed by atoms with Gasteiger partial charge in [-0.1, -0.05) is 83.3 Å².